The molecule has 0 aliphatic rings. The van der Waals surface area contributed by atoms with Gasteiger partial charge in [-0.05, 0) is 85.1 Å². The number of aromatic nitrogens is 3. The van der Waals surface area contributed by atoms with Gasteiger partial charge in [-0.1, -0.05) is 43.1 Å². The van der Waals surface area contributed by atoms with Crippen LogP contribution in [0.5, 0.6) is 0 Å². The van der Waals surface area contributed by atoms with Crippen LogP contribution in [0.3, 0.4) is 0 Å². The lowest BCUT2D eigenvalue weighted by Gasteiger charge is -2.10. The number of halogens is 1. The molecule has 1 aromatic heterocycles. The van der Waals surface area contributed by atoms with E-state index in [0.29, 0.717) is 16.8 Å². The summed E-state index contributed by atoms with van der Waals surface area (Å²) in [5.41, 5.74) is 5.34. The average molecular weight is 549 g/mol. The monoisotopic (exact) mass is 548 g/mol. The Kier molecular flexibility index (Phi) is 8.45. The van der Waals surface area contributed by atoms with E-state index in [2.05, 4.69) is 39.9 Å². The van der Waals surface area contributed by atoms with E-state index >= 15 is 0 Å². The number of carbonyl (C=O) groups excluding carboxylic acids is 1. The van der Waals surface area contributed by atoms with Crippen molar-refractivity contribution in [3.05, 3.63) is 92.5 Å². The fourth-order valence-electron chi connectivity index (χ4n) is 3.75. The minimum absolute atomic E-state index is 0.0228. The number of benzene rings is 3. The Labute approximate surface area is 229 Å². The van der Waals surface area contributed by atoms with Crippen molar-refractivity contribution >= 4 is 63.3 Å². The highest BCUT2D eigenvalue weighted by Gasteiger charge is 2.13. The number of fused-ring (bicyclic) bond motifs is 1. The van der Waals surface area contributed by atoms with Crippen LogP contribution in [-0.4, -0.2) is 30.9 Å². The number of nitro groups is 1. The quantitative estimate of drug-likeness (QED) is 0.117. The molecule has 1 heterocycles. The third kappa shape index (κ3) is 6.58. The predicted octanol–water partition coefficient (Wildman–Crippen LogP) is 6.16. The van der Waals surface area contributed by atoms with Crippen LogP contribution in [0, 0.1) is 17.0 Å². The SMILES string of the molecule is CCCCc1ccc(-n2nc3cc(C)c(NC(=S)NC(=O)C=Cc4ccc(Cl)c([N+](=O)[O-])c4)cc3n2)cc1. The summed E-state index contributed by atoms with van der Waals surface area (Å²) >= 11 is 11.1. The highest BCUT2D eigenvalue weighted by Crippen LogP contribution is 2.26. The summed E-state index contributed by atoms with van der Waals surface area (Å²) in [6, 6.07) is 16.2. The van der Waals surface area contributed by atoms with Gasteiger partial charge in [0.2, 0.25) is 5.91 Å². The van der Waals surface area contributed by atoms with Crippen molar-refractivity contribution < 1.29 is 9.72 Å². The molecular formula is C27H25ClN6O3S. The second kappa shape index (κ2) is 11.9. The Balaban J connectivity index is 1.42. The number of nitrogens with one attached hydrogen (secondary N) is 2. The fourth-order valence-corrected chi connectivity index (χ4v) is 4.14. The van der Waals surface area contributed by atoms with Crippen LogP contribution in [0.15, 0.2) is 60.7 Å². The van der Waals surface area contributed by atoms with Gasteiger partial charge in [-0.2, -0.15) is 4.80 Å². The van der Waals surface area contributed by atoms with Crippen molar-refractivity contribution in [2.45, 2.75) is 33.1 Å². The van der Waals surface area contributed by atoms with Gasteiger partial charge in [0.1, 0.15) is 16.1 Å². The van der Waals surface area contributed by atoms with E-state index in [1.165, 1.54) is 29.8 Å². The number of amides is 1. The number of nitro benzene ring substituents is 1. The van der Waals surface area contributed by atoms with Gasteiger partial charge < -0.3 is 5.32 Å². The van der Waals surface area contributed by atoms with Crippen LogP contribution in [0.1, 0.15) is 36.5 Å². The van der Waals surface area contributed by atoms with Gasteiger partial charge in [-0.15, -0.1) is 10.2 Å². The number of hydrogen-bond donors (Lipinski definition) is 2. The molecule has 11 heteroatoms. The molecule has 0 fully saturated rings. The Morgan fingerprint density at radius 3 is 2.53 bits per heavy atom. The minimum Gasteiger partial charge on any atom is -0.332 e. The van der Waals surface area contributed by atoms with Gasteiger partial charge in [0.15, 0.2) is 5.11 Å². The van der Waals surface area contributed by atoms with Crippen molar-refractivity contribution in [1.29, 1.82) is 0 Å². The number of rotatable bonds is 8. The van der Waals surface area contributed by atoms with Gasteiger partial charge in [-0.25, -0.2) is 0 Å². The molecule has 194 valence electrons. The van der Waals surface area contributed by atoms with Crippen LogP contribution in [0.25, 0.3) is 22.8 Å². The predicted molar refractivity (Wildman–Crippen MR) is 154 cm³/mol. The first-order chi connectivity index (χ1) is 18.2. The smallest absolute Gasteiger partial charge is 0.288 e. The highest BCUT2D eigenvalue weighted by atomic mass is 35.5. The summed E-state index contributed by atoms with van der Waals surface area (Å²) in [7, 11) is 0. The van der Waals surface area contributed by atoms with Crippen LogP contribution in [-0.2, 0) is 11.2 Å². The molecule has 4 rings (SSSR count). The molecule has 1 amide bonds. The maximum absolute atomic E-state index is 12.3. The maximum atomic E-state index is 12.3. The third-order valence-corrected chi connectivity index (χ3v) is 6.32. The van der Waals surface area contributed by atoms with Crippen LogP contribution < -0.4 is 10.6 Å². The number of aryl methyl sites for hydroxylation is 2. The van der Waals surface area contributed by atoms with Crippen molar-refractivity contribution in [1.82, 2.24) is 20.3 Å². The normalized spacial score (nSPS) is 11.1. The van der Waals surface area contributed by atoms with E-state index in [4.69, 9.17) is 23.8 Å². The van der Waals surface area contributed by atoms with E-state index in [-0.39, 0.29) is 15.8 Å². The minimum atomic E-state index is -0.583. The van der Waals surface area contributed by atoms with Gasteiger partial charge in [0.25, 0.3) is 5.69 Å². The molecular weight excluding hydrogens is 524 g/mol. The molecule has 0 radical (unpaired) electrons. The third-order valence-electron chi connectivity index (χ3n) is 5.79. The molecule has 0 aliphatic heterocycles. The van der Waals surface area contributed by atoms with Crippen molar-refractivity contribution in [2.75, 3.05) is 5.32 Å². The van der Waals surface area contributed by atoms with E-state index in [1.54, 1.807) is 10.9 Å². The lowest BCUT2D eigenvalue weighted by atomic mass is 10.1. The average Bonchev–Trinajstić information content (AvgIpc) is 3.29. The van der Waals surface area contributed by atoms with Crippen molar-refractivity contribution in [3.63, 3.8) is 0 Å². The summed E-state index contributed by atoms with van der Waals surface area (Å²) in [5, 5.41) is 25.9. The Morgan fingerprint density at radius 2 is 1.84 bits per heavy atom. The van der Waals surface area contributed by atoms with Crippen LogP contribution in [0.4, 0.5) is 11.4 Å². The second-order valence-electron chi connectivity index (χ2n) is 8.66. The van der Waals surface area contributed by atoms with E-state index in [9.17, 15) is 14.9 Å². The zero-order valence-corrected chi connectivity index (χ0v) is 22.3. The number of carbonyl (C=O) groups is 1. The second-order valence-corrected chi connectivity index (χ2v) is 9.48. The molecule has 4 aromatic rings. The molecule has 3 aromatic carbocycles. The maximum Gasteiger partial charge on any atom is 0.288 e. The Bertz CT molecular complexity index is 1550. The van der Waals surface area contributed by atoms with Crippen molar-refractivity contribution in [2.24, 2.45) is 0 Å². The summed E-state index contributed by atoms with van der Waals surface area (Å²) in [4.78, 5) is 24.4. The van der Waals surface area contributed by atoms with E-state index in [0.717, 1.165) is 36.0 Å². The lowest BCUT2D eigenvalue weighted by Crippen LogP contribution is -2.33. The van der Waals surface area contributed by atoms with Gasteiger partial charge in [0, 0.05) is 17.8 Å². The molecule has 0 saturated carbocycles. The molecule has 0 atom stereocenters. The molecule has 9 nitrogen and oxygen atoms in total. The highest BCUT2D eigenvalue weighted by molar-refractivity contribution is 7.80. The molecule has 0 bridgehead atoms. The summed E-state index contributed by atoms with van der Waals surface area (Å²) in [6.45, 7) is 4.08. The number of nitrogens with zero attached hydrogens (tertiary/aromatic N) is 4. The molecule has 0 aliphatic carbocycles. The summed E-state index contributed by atoms with van der Waals surface area (Å²) < 4.78 is 0. The van der Waals surface area contributed by atoms with Gasteiger partial charge >= 0.3 is 0 Å². The number of hydrogen-bond acceptors (Lipinski definition) is 6. The first kappa shape index (κ1) is 26.9. The Hall–Kier alpha value is -4.15. The molecule has 38 heavy (non-hydrogen) atoms. The van der Waals surface area contributed by atoms with Gasteiger partial charge in [0.05, 0.1) is 10.6 Å². The first-order valence-corrected chi connectivity index (χ1v) is 12.7. The summed E-state index contributed by atoms with van der Waals surface area (Å²) in [6.07, 6.45) is 6.03. The topological polar surface area (TPSA) is 115 Å². The zero-order valence-electron chi connectivity index (χ0n) is 20.8. The molecule has 0 unspecified atom stereocenters. The standard InChI is InChI=1S/C27H25ClN6O3S/c1-3-4-5-18-6-10-20(11-7-18)33-31-23-14-17(2)22(16-24(23)32-33)29-27(38)30-26(35)13-9-19-8-12-21(28)25(15-19)34(36)37/h6-16H,3-5H2,1-2H3,(H2,29,30,35,38). The van der Waals surface area contributed by atoms with Crippen LogP contribution >= 0.6 is 23.8 Å². The number of unbranched alkanes of at least 4 members (excludes halogenated alkanes) is 1. The molecule has 2 N–H and O–H groups in total. The number of thiocarbonyl (C=S) groups is 1. The van der Waals surface area contributed by atoms with Gasteiger partial charge in [-0.3, -0.25) is 20.2 Å². The Morgan fingerprint density at radius 1 is 1.13 bits per heavy atom. The molecule has 0 saturated heterocycles. The zero-order chi connectivity index (χ0) is 27.2. The molecule has 0 spiro atoms. The van der Waals surface area contributed by atoms with Crippen molar-refractivity contribution in [3.8, 4) is 5.69 Å². The lowest BCUT2D eigenvalue weighted by molar-refractivity contribution is -0.384. The first-order valence-electron chi connectivity index (χ1n) is 11.9. The van der Waals surface area contributed by atoms with E-state index < -0.39 is 10.8 Å². The fraction of sp³-hybridized carbons (Fsp3) is 0.185. The number of anilines is 1. The van der Waals surface area contributed by atoms with Crippen LogP contribution in [0.2, 0.25) is 5.02 Å². The largest absolute Gasteiger partial charge is 0.332 e. The van der Waals surface area contributed by atoms with E-state index in [1.807, 2.05) is 31.2 Å². The summed E-state index contributed by atoms with van der Waals surface area (Å²) in [5.74, 6) is -0.493.